The second-order valence-corrected chi connectivity index (χ2v) is 7.72. The van der Waals surface area contributed by atoms with E-state index < -0.39 is 5.97 Å². The first-order chi connectivity index (χ1) is 9.56. The van der Waals surface area contributed by atoms with E-state index in [4.69, 9.17) is 5.11 Å². The highest BCUT2D eigenvalue weighted by molar-refractivity contribution is 5.66. The number of rotatable bonds is 6. The first kappa shape index (κ1) is 21.6. The van der Waals surface area contributed by atoms with Crippen molar-refractivity contribution in [2.75, 3.05) is 20.6 Å². The molecule has 2 unspecified atom stereocenters. The zero-order valence-corrected chi connectivity index (χ0v) is 17.1. The highest BCUT2D eigenvalue weighted by Gasteiger charge is 2.31. The minimum absolute atomic E-state index is 0. The maximum atomic E-state index is 10.8. The van der Waals surface area contributed by atoms with Crippen molar-refractivity contribution < 1.29 is 38.4 Å². The smallest absolute Gasteiger partial charge is 0.309 e. The summed E-state index contributed by atoms with van der Waals surface area (Å²) in [5.74, 6) is -0.224. The molecular formula is C18H32INO2. The van der Waals surface area contributed by atoms with E-state index in [9.17, 15) is 4.79 Å². The largest absolute Gasteiger partial charge is 1.00 e. The number of hydrogen-bond donors (Lipinski definition) is 1. The van der Waals surface area contributed by atoms with E-state index in [-0.39, 0.29) is 30.4 Å². The maximum absolute atomic E-state index is 10.8. The summed E-state index contributed by atoms with van der Waals surface area (Å²) in [6.07, 6.45) is 9.60. The van der Waals surface area contributed by atoms with Crippen molar-refractivity contribution in [1.82, 2.24) is 0 Å². The second-order valence-electron chi connectivity index (χ2n) is 7.72. The van der Waals surface area contributed by atoms with E-state index in [0.717, 1.165) is 0 Å². The molecular weight excluding hydrogens is 389 g/mol. The molecule has 1 rings (SSSR count). The molecule has 0 aromatic heterocycles. The molecule has 0 saturated heterocycles. The number of likely N-dealkylation sites (N-methyl/N-ethyl adjacent to an activating group) is 1. The van der Waals surface area contributed by atoms with Crippen LogP contribution in [0.1, 0.15) is 47.0 Å². The maximum Gasteiger partial charge on any atom is 0.309 e. The van der Waals surface area contributed by atoms with Crippen LogP contribution in [0.5, 0.6) is 0 Å². The molecule has 0 radical (unpaired) electrons. The van der Waals surface area contributed by atoms with Gasteiger partial charge in [-0.15, -0.1) is 0 Å². The molecule has 1 N–H and O–H groups in total. The third kappa shape index (κ3) is 6.03. The highest BCUT2D eigenvalue weighted by atomic mass is 127. The molecule has 1 aliphatic rings. The lowest BCUT2D eigenvalue weighted by molar-refractivity contribution is -0.906. The van der Waals surface area contributed by atoms with Crippen LogP contribution in [0.2, 0.25) is 0 Å². The van der Waals surface area contributed by atoms with E-state index in [2.05, 4.69) is 60.0 Å². The second kappa shape index (κ2) is 8.48. The van der Waals surface area contributed by atoms with Gasteiger partial charge in [0.2, 0.25) is 0 Å². The van der Waals surface area contributed by atoms with Crippen LogP contribution in [0.15, 0.2) is 23.8 Å². The fourth-order valence-electron chi connectivity index (χ4n) is 3.08. The summed E-state index contributed by atoms with van der Waals surface area (Å²) >= 11 is 0. The van der Waals surface area contributed by atoms with Crippen molar-refractivity contribution in [1.29, 1.82) is 0 Å². The van der Waals surface area contributed by atoms with Crippen LogP contribution in [0, 0.1) is 11.3 Å². The first-order valence-corrected chi connectivity index (χ1v) is 7.96. The van der Waals surface area contributed by atoms with Gasteiger partial charge in [0.05, 0.1) is 27.1 Å². The molecule has 0 spiro atoms. The van der Waals surface area contributed by atoms with Gasteiger partial charge >= 0.3 is 5.97 Å². The van der Waals surface area contributed by atoms with Crippen molar-refractivity contribution in [3.05, 3.63) is 23.8 Å². The van der Waals surface area contributed by atoms with E-state index in [1.807, 2.05) is 0 Å². The summed E-state index contributed by atoms with van der Waals surface area (Å²) in [6, 6.07) is 0.315. The number of carboxylic acids is 1. The monoisotopic (exact) mass is 421 g/mol. The van der Waals surface area contributed by atoms with Crippen molar-refractivity contribution in [3.63, 3.8) is 0 Å². The van der Waals surface area contributed by atoms with Crippen LogP contribution in [0.25, 0.3) is 0 Å². The van der Waals surface area contributed by atoms with Gasteiger partial charge in [0.25, 0.3) is 0 Å². The van der Waals surface area contributed by atoms with Gasteiger partial charge in [-0.2, -0.15) is 0 Å². The van der Waals surface area contributed by atoms with E-state index in [1.54, 1.807) is 0 Å². The van der Waals surface area contributed by atoms with E-state index in [0.29, 0.717) is 28.4 Å². The fraction of sp³-hybridized carbons (Fsp3) is 0.722. The standard InChI is InChI=1S/C18H31NO2.HI/c1-14-8-7-12-18(3,4)16(14)10-9-15(2)19(5,6)13-11-17(20)21;/h8-10,15-16H,7,11-13H2,1-6H3;1H. The average molecular weight is 421 g/mol. The summed E-state index contributed by atoms with van der Waals surface area (Å²) in [7, 11) is 4.21. The lowest BCUT2D eigenvalue weighted by Gasteiger charge is -2.38. The summed E-state index contributed by atoms with van der Waals surface area (Å²) in [5, 5.41) is 8.86. The minimum atomic E-state index is -0.718. The van der Waals surface area contributed by atoms with Crippen LogP contribution in [0.4, 0.5) is 0 Å². The Morgan fingerprint density at radius 3 is 2.59 bits per heavy atom. The van der Waals surface area contributed by atoms with Gasteiger partial charge in [-0.25, -0.2) is 0 Å². The molecule has 4 heteroatoms. The number of halogens is 1. The fourth-order valence-corrected chi connectivity index (χ4v) is 3.08. The number of hydrogen-bond acceptors (Lipinski definition) is 1. The number of quaternary nitrogens is 1. The van der Waals surface area contributed by atoms with Crippen molar-refractivity contribution >= 4 is 5.97 Å². The summed E-state index contributed by atoms with van der Waals surface area (Å²) in [6.45, 7) is 9.74. The highest BCUT2D eigenvalue weighted by Crippen LogP contribution is 2.41. The molecule has 0 aromatic carbocycles. The average Bonchev–Trinajstić information content (AvgIpc) is 2.34. The SMILES string of the molecule is CC1=CCCC(C)(C)C1C=CC(C)[N+](C)(C)CCC(=O)O.[I-]. The molecule has 0 aliphatic heterocycles. The van der Waals surface area contributed by atoms with Crippen LogP contribution in [-0.2, 0) is 4.79 Å². The molecule has 22 heavy (non-hydrogen) atoms. The number of carboxylic acid groups (broad SMARTS) is 1. The molecule has 0 heterocycles. The zero-order valence-electron chi connectivity index (χ0n) is 14.9. The van der Waals surface area contributed by atoms with Crippen molar-refractivity contribution in [2.24, 2.45) is 11.3 Å². The molecule has 1 aliphatic carbocycles. The first-order valence-electron chi connectivity index (χ1n) is 7.96. The summed E-state index contributed by atoms with van der Waals surface area (Å²) in [4.78, 5) is 10.8. The van der Waals surface area contributed by atoms with Crippen LogP contribution >= 0.6 is 0 Å². The van der Waals surface area contributed by atoms with Crippen LogP contribution < -0.4 is 24.0 Å². The molecule has 0 bridgehead atoms. The predicted octanol–water partition coefficient (Wildman–Crippen LogP) is 0.869. The van der Waals surface area contributed by atoms with Gasteiger partial charge in [0.15, 0.2) is 0 Å². The van der Waals surface area contributed by atoms with Gasteiger partial charge in [-0.3, -0.25) is 4.79 Å². The number of nitrogens with zero attached hydrogens (tertiary/aromatic N) is 1. The molecule has 128 valence electrons. The van der Waals surface area contributed by atoms with Gasteiger partial charge < -0.3 is 33.6 Å². The normalized spacial score (nSPS) is 22.8. The Morgan fingerprint density at radius 2 is 2.09 bits per heavy atom. The van der Waals surface area contributed by atoms with Crippen molar-refractivity contribution in [2.45, 2.75) is 53.0 Å². The van der Waals surface area contributed by atoms with Gasteiger partial charge in [0, 0.05) is 5.92 Å². The Labute approximate surface area is 153 Å². The van der Waals surface area contributed by atoms with Crippen LogP contribution in [-0.4, -0.2) is 42.2 Å². The van der Waals surface area contributed by atoms with E-state index >= 15 is 0 Å². The van der Waals surface area contributed by atoms with Gasteiger partial charge in [-0.1, -0.05) is 31.6 Å². The number of allylic oxidation sites excluding steroid dienone is 3. The lowest BCUT2D eigenvalue weighted by Crippen LogP contribution is -3.00. The Morgan fingerprint density at radius 1 is 1.50 bits per heavy atom. The number of aliphatic carboxylic acids is 1. The lowest BCUT2D eigenvalue weighted by atomic mass is 9.68. The van der Waals surface area contributed by atoms with E-state index in [1.165, 1.54) is 18.4 Å². The molecule has 3 nitrogen and oxygen atoms in total. The third-order valence-corrected chi connectivity index (χ3v) is 5.17. The third-order valence-electron chi connectivity index (χ3n) is 5.17. The molecule has 0 fully saturated rings. The zero-order chi connectivity index (χ0) is 16.3. The quantitative estimate of drug-likeness (QED) is 0.393. The van der Waals surface area contributed by atoms with Gasteiger partial charge in [0.1, 0.15) is 6.04 Å². The minimum Gasteiger partial charge on any atom is -1.00 e. The Bertz CT molecular complexity index is 438. The molecule has 0 aromatic rings. The summed E-state index contributed by atoms with van der Waals surface area (Å²) < 4.78 is 0.707. The Kier molecular flexibility index (Phi) is 8.34. The Balaban J connectivity index is 0.00000441. The molecule has 2 atom stereocenters. The van der Waals surface area contributed by atoms with Gasteiger partial charge in [-0.05, 0) is 38.2 Å². The van der Waals surface area contributed by atoms with Crippen LogP contribution in [0.3, 0.4) is 0 Å². The molecule has 0 amide bonds. The predicted molar refractivity (Wildman–Crippen MR) is 88.1 cm³/mol. The topological polar surface area (TPSA) is 37.3 Å². The molecule has 0 saturated carbocycles. The number of carbonyl (C=O) groups is 1. The van der Waals surface area contributed by atoms with Crippen molar-refractivity contribution in [3.8, 4) is 0 Å². The Hall–Kier alpha value is -0.360. The summed E-state index contributed by atoms with van der Waals surface area (Å²) in [5.41, 5.74) is 1.78.